The van der Waals surface area contributed by atoms with Crippen molar-refractivity contribution >= 4 is 5.96 Å². The lowest BCUT2D eigenvalue weighted by Gasteiger charge is -2.25. The fourth-order valence-corrected chi connectivity index (χ4v) is 1.67. The fraction of sp³-hybridized carbons (Fsp3) is 0.462. The molecule has 0 bridgehead atoms. The van der Waals surface area contributed by atoms with Gasteiger partial charge < -0.3 is 16.0 Å². The van der Waals surface area contributed by atoms with Crippen LogP contribution in [0.3, 0.4) is 0 Å². The van der Waals surface area contributed by atoms with Crippen LogP contribution in [0.1, 0.15) is 17.2 Å². The van der Waals surface area contributed by atoms with Crippen LogP contribution in [0.25, 0.3) is 0 Å². The van der Waals surface area contributed by atoms with Crippen LogP contribution < -0.4 is 11.1 Å². The average molecular weight is 234 g/mol. The van der Waals surface area contributed by atoms with Crippen molar-refractivity contribution in [2.75, 3.05) is 27.7 Å². The molecule has 1 aromatic rings. The molecule has 1 aromatic carbocycles. The molecule has 0 spiro atoms. The first kappa shape index (κ1) is 13.5. The third-order valence-electron chi connectivity index (χ3n) is 2.80. The van der Waals surface area contributed by atoms with Crippen molar-refractivity contribution in [1.29, 1.82) is 0 Å². The summed E-state index contributed by atoms with van der Waals surface area (Å²) in [4.78, 5) is 6.06. The van der Waals surface area contributed by atoms with E-state index in [9.17, 15) is 0 Å². The maximum absolute atomic E-state index is 5.64. The first-order chi connectivity index (χ1) is 8.04. The van der Waals surface area contributed by atoms with Gasteiger partial charge in [0, 0.05) is 13.6 Å². The zero-order chi connectivity index (χ0) is 12.8. The Kier molecular flexibility index (Phi) is 4.97. The highest BCUT2D eigenvalue weighted by molar-refractivity contribution is 5.77. The Bertz CT molecular complexity index is 368. The number of likely N-dealkylation sites (N-methyl/N-ethyl adjacent to an activating group) is 1. The minimum absolute atomic E-state index is 0.288. The van der Waals surface area contributed by atoms with Crippen LogP contribution in [0.2, 0.25) is 0 Å². The number of hydrogen-bond donors (Lipinski definition) is 2. The van der Waals surface area contributed by atoms with Gasteiger partial charge in [0.15, 0.2) is 5.96 Å². The number of hydrogen-bond acceptors (Lipinski definition) is 2. The van der Waals surface area contributed by atoms with Crippen LogP contribution in [0.4, 0.5) is 0 Å². The minimum Gasteiger partial charge on any atom is -0.370 e. The number of guanidine groups is 1. The summed E-state index contributed by atoms with van der Waals surface area (Å²) in [5, 5.41) is 3.11. The van der Waals surface area contributed by atoms with E-state index in [0.29, 0.717) is 5.96 Å². The van der Waals surface area contributed by atoms with Crippen LogP contribution in [-0.2, 0) is 0 Å². The van der Waals surface area contributed by atoms with E-state index in [4.69, 9.17) is 5.73 Å². The standard InChI is InChI=1S/C13H22N4/c1-10-5-7-11(8-6-10)12(17(3)4)9-16-13(14)15-2/h5-8,12H,9H2,1-4H3,(H3,14,15,16)/t12-/m1/s1. The quantitative estimate of drug-likeness (QED) is 0.606. The Morgan fingerprint density at radius 3 is 2.41 bits per heavy atom. The van der Waals surface area contributed by atoms with Gasteiger partial charge in [0.05, 0.1) is 6.04 Å². The van der Waals surface area contributed by atoms with Crippen molar-refractivity contribution < 1.29 is 0 Å². The molecule has 0 aliphatic rings. The van der Waals surface area contributed by atoms with E-state index < -0.39 is 0 Å². The molecule has 17 heavy (non-hydrogen) atoms. The van der Waals surface area contributed by atoms with Crippen LogP contribution in [0.15, 0.2) is 29.3 Å². The van der Waals surface area contributed by atoms with Crippen molar-refractivity contribution in [2.24, 2.45) is 10.7 Å². The van der Waals surface area contributed by atoms with Gasteiger partial charge >= 0.3 is 0 Å². The van der Waals surface area contributed by atoms with Crippen molar-refractivity contribution in [3.05, 3.63) is 35.4 Å². The van der Waals surface area contributed by atoms with Gasteiger partial charge in [-0.2, -0.15) is 0 Å². The zero-order valence-electron chi connectivity index (χ0n) is 11.1. The van der Waals surface area contributed by atoms with Gasteiger partial charge in [-0.25, -0.2) is 0 Å². The van der Waals surface area contributed by atoms with Gasteiger partial charge in [-0.1, -0.05) is 29.8 Å². The molecule has 0 radical (unpaired) electrons. The number of aryl methyl sites for hydroxylation is 1. The Labute approximate surface area is 104 Å². The van der Waals surface area contributed by atoms with E-state index in [2.05, 4.69) is 60.5 Å². The molecule has 0 unspecified atom stereocenters. The molecule has 0 aliphatic heterocycles. The average Bonchev–Trinajstić information content (AvgIpc) is 2.31. The molecule has 0 fully saturated rings. The molecule has 4 heteroatoms. The highest BCUT2D eigenvalue weighted by atomic mass is 15.2. The molecule has 1 rings (SSSR count). The summed E-state index contributed by atoms with van der Waals surface area (Å²) in [6.07, 6.45) is 0. The highest BCUT2D eigenvalue weighted by Crippen LogP contribution is 2.17. The maximum Gasteiger partial charge on any atom is 0.188 e. The Morgan fingerprint density at radius 1 is 1.35 bits per heavy atom. The number of aliphatic imine (C=N–C) groups is 1. The van der Waals surface area contributed by atoms with Crippen LogP contribution >= 0.6 is 0 Å². The molecule has 1 atom stereocenters. The Morgan fingerprint density at radius 2 is 1.94 bits per heavy atom. The predicted molar refractivity (Wildman–Crippen MR) is 73.2 cm³/mol. The minimum atomic E-state index is 0.288. The third kappa shape index (κ3) is 4.07. The lowest BCUT2D eigenvalue weighted by Crippen LogP contribution is -2.38. The van der Waals surface area contributed by atoms with Crippen molar-refractivity contribution in [3.8, 4) is 0 Å². The molecule has 0 saturated heterocycles. The molecule has 0 amide bonds. The molecule has 3 N–H and O–H groups in total. The largest absolute Gasteiger partial charge is 0.370 e. The van der Waals surface area contributed by atoms with E-state index in [1.807, 2.05) is 0 Å². The van der Waals surface area contributed by atoms with E-state index in [1.165, 1.54) is 11.1 Å². The maximum atomic E-state index is 5.64. The lowest BCUT2D eigenvalue weighted by molar-refractivity contribution is 0.298. The molecule has 0 aliphatic carbocycles. The molecular formula is C13H22N4. The lowest BCUT2D eigenvalue weighted by atomic mass is 10.0. The van der Waals surface area contributed by atoms with Gasteiger partial charge in [0.1, 0.15) is 0 Å². The SMILES string of the molecule is CN=C(N)NC[C@H](c1ccc(C)cc1)N(C)C. The third-order valence-corrected chi connectivity index (χ3v) is 2.80. The first-order valence-electron chi connectivity index (χ1n) is 5.73. The summed E-state index contributed by atoms with van der Waals surface area (Å²) in [5.41, 5.74) is 8.19. The normalized spacial score (nSPS) is 13.8. The second kappa shape index (κ2) is 6.25. The number of benzene rings is 1. The highest BCUT2D eigenvalue weighted by Gasteiger charge is 2.13. The van der Waals surface area contributed by atoms with Crippen molar-refractivity contribution in [1.82, 2.24) is 10.2 Å². The van der Waals surface area contributed by atoms with Crippen LogP contribution in [0.5, 0.6) is 0 Å². The summed E-state index contributed by atoms with van der Waals surface area (Å²) in [6, 6.07) is 8.85. The summed E-state index contributed by atoms with van der Waals surface area (Å²) in [7, 11) is 5.80. The van der Waals surface area contributed by atoms with Gasteiger partial charge in [0.25, 0.3) is 0 Å². The number of nitrogens with two attached hydrogens (primary N) is 1. The van der Waals surface area contributed by atoms with Gasteiger partial charge in [-0.3, -0.25) is 4.99 Å². The Balaban J connectivity index is 2.75. The van der Waals surface area contributed by atoms with Gasteiger partial charge in [-0.15, -0.1) is 0 Å². The number of nitrogens with zero attached hydrogens (tertiary/aromatic N) is 2. The zero-order valence-corrected chi connectivity index (χ0v) is 11.1. The monoisotopic (exact) mass is 234 g/mol. The number of rotatable bonds is 4. The summed E-state index contributed by atoms with van der Waals surface area (Å²) in [5.74, 6) is 0.476. The second-order valence-electron chi connectivity index (χ2n) is 4.38. The van der Waals surface area contributed by atoms with E-state index in [-0.39, 0.29) is 6.04 Å². The number of nitrogens with one attached hydrogen (secondary N) is 1. The summed E-state index contributed by atoms with van der Waals surface area (Å²) >= 11 is 0. The molecule has 0 aromatic heterocycles. The van der Waals surface area contributed by atoms with Crippen molar-refractivity contribution in [3.63, 3.8) is 0 Å². The first-order valence-corrected chi connectivity index (χ1v) is 5.73. The topological polar surface area (TPSA) is 53.6 Å². The summed E-state index contributed by atoms with van der Waals surface area (Å²) < 4.78 is 0. The fourth-order valence-electron chi connectivity index (χ4n) is 1.67. The second-order valence-corrected chi connectivity index (χ2v) is 4.38. The Hall–Kier alpha value is -1.55. The molecule has 0 heterocycles. The molecule has 94 valence electrons. The predicted octanol–water partition coefficient (Wildman–Crippen LogP) is 1.13. The van der Waals surface area contributed by atoms with E-state index >= 15 is 0 Å². The van der Waals surface area contributed by atoms with E-state index in [1.54, 1.807) is 7.05 Å². The summed E-state index contributed by atoms with van der Waals surface area (Å²) in [6.45, 7) is 2.84. The van der Waals surface area contributed by atoms with Crippen LogP contribution in [0, 0.1) is 6.92 Å². The smallest absolute Gasteiger partial charge is 0.188 e. The van der Waals surface area contributed by atoms with Gasteiger partial charge in [0.2, 0.25) is 0 Å². The van der Waals surface area contributed by atoms with E-state index in [0.717, 1.165) is 6.54 Å². The molecule has 4 nitrogen and oxygen atoms in total. The molecular weight excluding hydrogens is 212 g/mol. The molecule has 0 saturated carbocycles. The van der Waals surface area contributed by atoms with Crippen LogP contribution in [-0.4, -0.2) is 38.5 Å². The van der Waals surface area contributed by atoms with Crippen molar-refractivity contribution in [2.45, 2.75) is 13.0 Å². The van der Waals surface area contributed by atoms with Gasteiger partial charge in [-0.05, 0) is 26.6 Å².